The Morgan fingerprint density at radius 2 is 2.16 bits per heavy atom. The lowest BCUT2D eigenvalue weighted by molar-refractivity contribution is 0.231. The molecule has 19 heavy (non-hydrogen) atoms. The first kappa shape index (κ1) is 14.5. The first-order valence-electron chi connectivity index (χ1n) is 6.90. The molecule has 2 heterocycles. The van der Waals surface area contributed by atoms with Gasteiger partial charge in [0.15, 0.2) is 0 Å². The number of ether oxygens (including phenoxy) is 1. The van der Waals surface area contributed by atoms with Gasteiger partial charge in [-0.1, -0.05) is 6.92 Å². The molecule has 0 radical (unpaired) electrons. The normalized spacial score (nSPS) is 15.7. The topological polar surface area (TPSA) is 50.3 Å². The van der Waals surface area contributed by atoms with Gasteiger partial charge in [0.2, 0.25) is 5.88 Å². The minimum atomic E-state index is 0.618. The molecule has 0 bridgehead atoms. The second-order valence-electron chi connectivity index (χ2n) is 4.67. The van der Waals surface area contributed by atoms with Crippen LogP contribution in [0.5, 0.6) is 5.88 Å². The minimum absolute atomic E-state index is 0.618. The first-order chi connectivity index (χ1) is 9.31. The van der Waals surface area contributed by atoms with Crippen LogP contribution in [0, 0.1) is 0 Å². The smallest absolute Gasteiger partial charge is 0.233 e. The second-order valence-corrected chi connectivity index (χ2v) is 5.46. The monoisotopic (exact) mass is 328 g/mol. The summed E-state index contributed by atoms with van der Waals surface area (Å²) in [6, 6.07) is 0. The van der Waals surface area contributed by atoms with Crippen LogP contribution in [0.2, 0.25) is 0 Å². The highest BCUT2D eigenvalue weighted by molar-refractivity contribution is 9.10. The van der Waals surface area contributed by atoms with Crippen molar-refractivity contribution in [1.82, 2.24) is 14.9 Å². The molecule has 1 aromatic heterocycles. The fourth-order valence-electron chi connectivity index (χ4n) is 2.10. The van der Waals surface area contributed by atoms with Gasteiger partial charge in [-0.2, -0.15) is 0 Å². The van der Waals surface area contributed by atoms with Gasteiger partial charge in [-0.3, -0.25) is 4.90 Å². The number of anilines is 1. The van der Waals surface area contributed by atoms with Gasteiger partial charge in [0.05, 0.1) is 0 Å². The molecule has 0 saturated carbocycles. The fourth-order valence-corrected chi connectivity index (χ4v) is 2.56. The van der Waals surface area contributed by atoms with Gasteiger partial charge >= 0.3 is 0 Å². The minimum Gasteiger partial charge on any atom is -0.475 e. The number of hydrogen-bond acceptors (Lipinski definition) is 5. The molecular weight excluding hydrogens is 308 g/mol. The number of halogens is 1. The van der Waals surface area contributed by atoms with Gasteiger partial charge in [-0.05, 0) is 48.3 Å². The highest BCUT2D eigenvalue weighted by atomic mass is 79.9. The Morgan fingerprint density at radius 3 is 2.89 bits per heavy atom. The van der Waals surface area contributed by atoms with Crippen LogP contribution in [-0.2, 0) is 0 Å². The van der Waals surface area contributed by atoms with E-state index in [4.69, 9.17) is 4.74 Å². The molecule has 1 aliphatic rings. The number of aromatic nitrogens is 2. The van der Waals surface area contributed by atoms with Crippen LogP contribution in [0.1, 0.15) is 26.2 Å². The number of nitrogens with zero attached hydrogens (tertiary/aromatic N) is 3. The summed E-state index contributed by atoms with van der Waals surface area (Å²) in [6.45, 7) is 7.03. The highest BCUT2D eigenvalue weighted by Gasteiger charge is 2.13. The largest absolute Gasteiger partial charge is 0.475 e. The number of hydrogen-bond donors (Lipinski definition) is 1. The van der Waals surface area contributed by atoms with E-state index in [0.717, 1.165) is 29.8 Å². The molecule has 6 heteroatoms. The van der Waals surface area contributed by atoms with E-state index in [-0.39, 0.29) is 0 Å². The number of nitrogens with one attached hydrogen (secondary N) is 1. The standard InChI is InChI=1S/C13H21BrN4O/c1-2-5-15-12-11(14)13(17-10-16-12)19-9-8-18-6-3-4-7-18/h10H,2-9H2,1H3,(H,15,16,17). The summed E-state index contributed by atoms with van der Waals surface area (Å²) in [5, 5.41) is 3.25. The summed E-state index contributed by atoms with van der Waals surface area (Å²) in [6.07, 6.45) is 5.21. The maximum Gasteiger partial charge on any atom is 0.233 e. The van der Waals surface area contributed by atoms with Crippen molar-refractivity contribution >= 4 is 21.7 Å². The number of rotatable bonds is 7. The van der Waals surface area contributed by atoms with Gasteiger partial charge in [0.1, 0.15) is 23.2 Å². The molecule has 0 atom stereocenters. The predicted octanol–water partition coefficient (Wildman–Crippen LogP) is 2.54. The van der Waals surface area contributed by atoms with Crippen LogP contribution in [0.15, 0.2) is 10.8 Å². The summed E-state index contributed by atoms with van der Waals surface area (Å²) >= 11 is 3.50. The molecule has 1 fully saturated rings. The Balaban J connectivity index is 1.84. The van der Waals surface area contributed by atoms with Crippen molar-refractivity contribution in [1.29, 1.82) is 0 Å². The summed E-state index contributed by atoms with van der Waals surface area (Å²) in [5.41, 5.74) is 0. The van der Waals surface area contributed by atoms with E-state index in [1.165, 1.54) is 32.3 Å². The van der Waals surface area contributed by atoms with Crippen molar-refractivity contribution in [2.75, 3.05) is 38.1 Å². The lowest BCUT2D eigenvalue weighted by atomic mass is 10.4. The Kier molecular flexibility index (Phi) is 5.85. The van der Waals surface area contributed by atoms with Gasteiger partial charge in [0.25, 0.3) is 0 Å². The van der Waals surface area contributed by atoms with Crippen LogP contribution in [0.4, 0.5) is 5.82 Å². The molecule has 1 N–H and O–H groups in total. The van der Waals surface area contributed by atoms with Crippen molar-refractivity contribution in [2.45, 2.75) is 26.2 Å². The van der Waals surface area contributed by atoms with Crippen LogP contribution < -0.4 is 10.1 Å². The Bertz CT molecular complexity index is 396. The average molecular weight is 329 g/mol. The van der Waals surface area contributed by atoms with Crippen molar-refractivity contribution < 1.29 is 4.74 Å². The first-order valence-corrected chi connectivity index (χ1v) is 7.70. The molecule has 1 aliphatic heterocycles. The summed E-state index contributed by atoms with van der Waals surface area (Å²) in [7, 11) is 0. The molecule has 5 nitrogen and oxygen atoms in total. The third-order valence-corrected chi connectivity index (χ3v) is 3.86. The molecular formula is C13H21BrN4O. The third kappa shape index (κ3) is 4.31. The Morgan fingerprint density at radius 1 is 1.37 bits per heavy atom. The van der Waals surface area contributed by atoms with Crippen molar-refractivity contribution in [3.63, 3.8) is 0 Å². The van der Waals surface area contributed by atoms with Crippen LogP contribution in [-0.4, -0.2) is 47.7 Å². The maximum atomic E-state index is 5.74. The zero-order valence-electron chi connectivity index (χ0n) is 11.4. The van der Waals surface area contributed by atoms with Crippen LogP contribution in [0.25, 0.3) is 0 Å². The highest BCUT2D eigenvalue weighted by Crippen LogP contribution is 2.28. The van der Waals surface area contributed by atoms with Crippen molar-refractivity contribution in [3.05, 3.63) is 10.8 Å². The van der Waals surface area contributed by atoms with Crippen LogP contribution >= 0.6 is 15.9 Å². The third-order valence-electron chi connectivity index (χ3n) is 3.14. The zero-order valence-corrected chi connectivity index (χ0v) is 12.9. The van der Waals surface area contributed by atoms with E-state index in [1.54, 1.807) is 0 Å². The summed E-state index contributed by atoms with van der Waals surface area (Å²) in [5.74, 6) is 1.42. The molecule has 0 spiro atoms. The molecule has 0 aliphatic carbocycles. The van der Waals surface area contributed by atoms with E-state index in [1.807, 2.05) is 0 Å². The van der Waals surface area contributed by atoms with Gasteiger partial charge in [-0.15, -0.1) is 0 Å². The lowest BCUT2D eigenvalue weighted by Crippen LogP contribution is -2.25. The molecule has 1 saturated heterocycles. The SMILES string of the molecule is CCCNc1ncnc(OCCN2CCCC2)c1Br. The number of likely N-dealkylation sites (tertiary alicyclic amines) is 1. The van der Waals surface area contributed by atoms with E-state index in [2.05, 4.69) is 43.0 Å². The van der Waals surface area contributed by atoms with E-state index >= 15 is 0 Å². The van der Waals surface area contributed by atoms with Crippen molar-refractivity contribution in [3.8, 4) is 5.88 Å². The van der Waals surface area contributed by atoms with Crippen molar-refractivity contribution in [2.24, 2.45) is 0 Å². The molecule has 106 valence electrons. The van der Waals surface area contributed by atoms with Crippen LogP contribution in [0.3, 0.4) is 0 Å². The van der Waals surface area contributed by atoms with E-state index in [0.29, 0.717) is 12.5 Å². The summed E-state index contributed by atoms with van der Waals surface area (Å²) < 4.78 is 6.55. The van der Waals surface area contributed by atoms with E-state index in [9.17, 15) is 0 Å². The summed E-state index contributed by atoms with van der Waals surface area (Å²) in [4.78, 5) is 10.8. The van der Waals surface area contributed by atoms with Gasteiger partial charge in [-0.25, -0.2) is 9.97 Å². The van der Waals surface area contributed by atoms with Gasteiger partial charge < -0.3 is 10.1 Å². The predicted molar refractivity (Wildman–Crippen MR) is 79.7 cm³/mol. The molecule has 1 aromatic rings. The molecule has 0 aromatic carbocycles. The quantitative estimate of drug-likeness (QED) is 0.833. The maximum absolute atomic E-state index is 5.74. The molecule has 0 amide bonds. The lowest BCUT2D eigenvalue weighted by Gasteiger charge is -2.15. The Labute approximate surface area is 122 Å². The Hall–Kier alpha value is -0.880. The fraction of sp³-hybridized carbons (Fsp3) is 0.692. The molecule has 2 rings (SSSR count). The zero-order chi connectivity index (χ0) is 13.5. The second kappa shape index (κ2) is 7.65. The van der Waals surface area contributed by atoms with E-state index < -0.39 is 0 Å². The molecule has 0 unspecified atom stereocenters. The van der Waals surface area contributed by atoms with Gasteiger partial charge in [0, 0.05) is 13.1 Å². The average Bonchev–Trinajstić information content (AvgIpc) is 2.92.